The standard InChI is InChI=1S/C8H10O4/c9-6-1-4-3-12-8(11)5(4)2-7(6)10/h6-7,9-10H,1-3H2/t6-,7+/m1/s1. The lowest BCUT2D eigenvalue weighted by Crippen LogP contribution is -2.31. The summed E-state index contributed by atoms with van der Waals surface area (Å²) < 4.78 is 4.76. The maximum Gasteiger partial charge on any atom is 0.334 e. The van der Waals surface area contributed by atoms with Crippen LogP contribution in [-0.4, -0.2) is 35.0 Å². The van der Waals surface area contributed by atoms with E-state index in [0.717, 1.165) is 5.57 Å². The quantitative estimate of drug-likeness (QED) is 0.474. The molecule has 1 aliphatic carbocycles. The molecule has 4 nitrogen and oxygen atoms in total. The Hall–Kier alpha value is -0.870. The minimum atomic E-state index is -0.811. The van der Waals surface area contributed by atoms with Crippen molar-refractivity contribution >= 4 is 5.97 Å². The van der Waals surface area contributed by atoms with E-state index in [-0.39, 0.29) is 19.0 Å². The average molecular weight is 170 g/mol. The Kier molecular flexibility index (Phi) is 1.66. The summed E-state index contributed by atoms with van der Waals surface area (Å²) in [6, 6.07) is 0. The first-order valence-electron chi connectivity index (χ1n) is 3.92. The number of aliphatic hydroxyl groups is 2. The SMILES string of the molecule is O=C1OCC2=C1C[C@H](O)[C@H](O)C2. The molecule has 66 valence electrons. The molecule has 2 N–H and O–H groups in total. The summed E-state index contributed by atoms with van der Waals surface area (Å²) in [5, 5.41) is 18.5. The summed E-state index contributed by atoms with van der Waals surface area (Å²) in [6.07, 6.45) is -0.954. The van der Waals surface area contributed by atoms with Crippen LogP contribution < -0.4 is 0 Å². The average Bonchev–Trinajstić information content (AvgIpc) is 2.35. The number of rotatable bonds is 0. The van der Waals surface area contributed by atoms with E-state index in [1.165, 1.54) is 0 Å². The van der Waals surface area contributed by atoms with Crippen LogP contribution in [0.5, 0.6) is 0 Å². The van der Waals surface area contributed by atoms with Crippen LogP contribution in [-0.2, 0) is 9.53 Å². The van der Waals surface area contributed by atoms with E-state index in [4.69, 9.17) is 4.74 Å². The van der Waals surface area contributed by atoms with E-state index in [1.54, 1.807) is 0 Å². The Morgan fingerprint density at radius 3 is 2.67 bits per heavy atom. The van der Waals surface area contributed by atoms with Crippen LogP contribution in [0.2, 0.25) is 0 Å². The maximum absolute atomic E-state index is 11.0. The molecule has 2 rings (SSSR count). The van der Waals surface area contributed by atoms with E-state index in [1.807, 2.05) is 0 Å². The first-order chi connectivity index (χ1) is 5.68. The van der Waals surface area contributed by atoms with Gasteiger partial charge in [-0.15, -0.1) is 0 Å². The molecule has 0 amide bonds. The predicted molar refractivity (Wildman–Crippen MR) is 39.2 cm³/mol. The Bertz CT molecular complexity index is 256. The predicted octanol–water partition coefficient (Wildman–Crippen LogP) is -0.645. The van der Waals surface area contributed by atoms with Crippen molar-refractivity contribution in [1.29, 1.82) is 0 Å². The summed E-state index contributed by atoms with van der Waals surface area (Å²) in [5.74, 6) is -0.337. The lowest BCUT2D eigenvalue weighted by atomic mass is 9.89. The van der Waals surface area contributed by atoms with Gasteiger partial charge < -0.3 is 14.9 Å². The smallest absolute Gasteiger partial charge is 0.334 e. The molecular formula is C8H10O4. The number of hydrogen-bond donors (Lipinski definition) is 2. The Labute approximate surface area is 69.5 Å². The molecule has 2 aliphatic rings. The second-order valence-corrected chi connectivity index (χ2v) is 3.20. The normalized spacial score (nSPS) is 35.0. The molecule has 0 aromatic carbocycles. The summed E-state index contributed by atoms with van der Waals surface area (Å²) in [4.78, 5) is 11.0. The lowest BCUT2D eigenvalue weighted by molar-refractivity contribution is -0.136. The molecule has 0 spiro atoms. The molecule has 0 bridgehead atoms. The van der Waals surface area contributed by atoms with E-state index in [9.17, 15) is 15.0 Å². The first kappa shape index (κ1) is 7.76. The van der Waals surface area contributed by atoms with Crippen LogP contribution in [0.3, 0.4) is 0 Å². The van der Waals surface area contributed by atoms with Crippen LogP contribution >= 0.6 is 0 Å². The molecule has 12 heavy (non-hydrogen) atoms. The Morgan fingerprint density at radius 2 is 1.92 bits per heavy atom. The van der Waals surface area contributed by atoms with Gasteiger partial charge in [0, 0.05) is 18.4 Å². The number of carbonyl (C=O) groups excluding carboxylic acids is 1. The van der Waals surface area contributed by atoms with Crippen molar-refractivity contribution in [1.82, 2.24) is 0 Å². The van der Waals surface area contributed by atoms with Gasteiger partial charge in [-0.3, -0.25) is 0 Å². The van der Waals surface area contributed by atoms with Gasteiger partial charge in [0.15, 0.2) is 0 Å². The molecule has 1 heterocycles. The number of cyclic esters (lactones) is 1. The first-order valence-corrected chi connectivity index (χ1v) is 3.92. The topological polar surface area (TPSA) is 66.8 Å². The van der Waals surface area contributed by atoms with Crippen LogP contribution in [0.15, 0.2) is 11.1 Å². The second kappa shape index (κ2) is 2.57. The highest BCUT2D eigenvalue weighted by molar-refractivity contribution is 5.92. The highest BCUT2D eigenvalue weighted by Gasteiger charge is 2.34. The van der Waals surface area contributed by atoms with Gasteiger partial charge in [0.05, 0.1) is 12.2 Å². The third kappa shape index (κ3) is 1.04. The molecule has 0 saturated carbocycles. The molecule has 4 heteroatoms. The third-order valence-electron chi connectivity index (χ3n) is 2.36. The van der Waals surface area contributed by atoms with E-state index >= 15 is 0 Å². The fourth-order valence-corrected chi connectivity index (χ4v) is 1.61. The van der Waals surface area contributed by atoms with Crippen molar-refractivity contribution in [2.75, 3.05) is 6.61 Å². The molecule has 0 radical (unpaired) electrons. The fraction of sp³-hybridized carbons (Fsp3) is 0.625. The van der Waals surface area contributed by atoms with E-state index in [0.29, 0.717) is 12.0 Å². The zero-order valence-electron chi connectivity index (χ0n) is 6.49. The summed E-state index contributed by atoms with van der Waals surface area (Å²) >= 11 is 0. The highest BCUT2D eigenvalue weighted by Crippen LogP contribution is 2.30. The maximum atomic E-state index is 11.0. The zero-order valence-corrected chi connectivity index (χ0v) is 6.49. The Balaban J connectivity index is 2.25. The fourth-order valence-electron chi connectivity index (χ4n) is 1.61. The minimum Gasteiger partial charge on any atom is -0.458 e. The molecular weight excluding hydrogens is 160 g/mol. The van der Waals surface area contributed by atoms with Gasteiger partial charge >= 0.3 is 5.97 Å². The molecule has 0 fully saturated rings. The lowest BCUT2D eigenvalue weighted by Gasteiger charge is -2.22. The second-order valence-electron chi connectivity index (χ2n) is 3.20. The number of ether oxygens (including phenoxy) is 1. The third-order valence-corrected chi connectivity index (χ3v) is 2.36. The van der Waals surface area contributed by atoms with Crippen molar-refractivity contribution in [3.05, 3.63) is 11.1 Å². The largest absolute Gasteiger partial charge is 0.458 e. The van der Waals surface area contributed by atoms with Gasteiger partial charge in [0.1, 0.15) is 6.61 Å². The van der Waals surface area contributed by atoms with Crippen molar-refractivity contribution in [3.8, 4) is 0 Å². The van der Waals surface area contributed by atoms with Crippen molar-refractivity contribution < 1.29 is 19.7 Å². The van der Waals surface area contributed by atoms with Crippen LogP contribution in [0.1, 0.15) is 12.8 Å². The minimum absolute atomic E-state index is 0.231. The number of aliphatic hydroxyl groups excluding tert-OH is 2. The zero-order chi connectivity index (χ0) is 8.72. The molecule has 1 aliphatic heterocycles. The monoisotopic (exact) mass is 170 g/mol. The van der Waals surface area contributed by atoms with Gasteiger partial charge in [-0.25, -0.2) is 4.79 Å². The summed E-state index contributed by atoms with van der Waals surface area (Å²) in [6.45, 7) is 0.290. The van der Waals surface area contributed by atoms with Crippen molar-refractivity contribution in [2.24, 2.45) is 0 Å². The number of hydrogen-bond acceptors (Lipinski definition) is 4. The summed E-state index contributed by atoms with van der Waals surface area (Å²) in [7, 11) is 0. The molecule has 0 aromatic heterocycles. The summed E-state index contributed by atoms with van der Waals surface area (Å²) in [5.41, 5.74) is 1.41. The van der Waals surface area contributed by atoms with Gasteiger partial charge in [-0.1, -0.05) is 0 Å². The number of carbonyl (C=O) groups is 1. The van der Waals surface area contributed by atoms with Gasteiger partial charge in [-0.2, -0.15) is 0 Å². The van der Waals surface area contributed by atoms with Crippen molar-refractivity contribution in [2.45, 2.75) is 25.0 Å². The van der Waals surface area contributed by atoms with Crippen LogP contribution in [0.4, 0.5) is 0 Å². The molecule has 0 unspecified atom stereocenters. The van der Waals surface area contributed by atoms with Crippen molar-refractivity contribution in [3.63, 3.8) is 0 Å². The van der Waals surface area contributed by atoms with E-state index < -0.39 is 12.2 Å². The molecule has 2 atom stereocenters. The highest BCUT2D eigenvalue weighted by atomic mass is 16.5. The number of esters is 1. The molecule has 0 aromatic rings. The van der Waals surface area contributed by atoms with E-state index in [2.05, 4.69) is 0 Å². The Morgan fingerprint density at radius 1 is 1.25 bits per heavy atom. The van der Waals surface area contributed by atoms with Gasteiger partial charge in [-0.05, 0) is 5.57 Å². The van der Waals surface area contributed by atoms with Gasteiger partial charge in [0.25, 0.3) is 0 Å². The van der Waals surface area contributed by atoms with Gasteiger partial charge in [0.2, 0.25) is 0 Å². The van der Waals surface area contributed by atoms with Crippen LogP contribution in [0.25, 0.3) is 0 Å². The van der Waals surface area contributed by atoms with Crippen LogP contribution in [0, 0.1) is 0 Å². The molecule has 0 saturated heterocycles.